The van der Waals surface area contributed by atoms with Crippen molar-refractivity contribution in [2.24, 2.45) is 0 Å². The van der Waals surface area contributed by atoms with Crippen molar-refractivity contribution < 1.29 is 4.42 Å². The summed E-state index contributed by atoms with van der Waals surface area (Å²) in [5.74, 6) is 0. The van der Waals surface area contributed by atoms with Crippen molar-refractivity contribution >= 4 is 38.2 Å². The van der Waals surface area contributed by atoms with Gasteiger partial charge < -0.3 is 4.42 Å². The van der Waals surface area contributed by atoms with Gasteiger partial charge in [0.1, 0.15) is 11.8 Å². The molecule has 2 aromatic heterocycles. The predicted molar refractivity (Wildman–Crippen MR) is 78.2 cm³/mol. The van der Waals surface area contributed by atoms with Crippen LogP contribution in [0.1, 0.15) is 4.88 Å². The molecular formula is C14H9BrO2S. The third-order valence-electron chi connectivity index (χ3n) is 2.78. The summed E-state index contributed by atoms with van der Waals surface area (Å²) in [5.41, 5.74) is 2.16. The normalized spacial score (nSPS) is 11.0. The van der Waals surface area contributed by atoms with Gasteiger partial charge in [-0.05, 0) is 42.1 Å². The van der Waals surface area contributed by atoms with Gasteiger partial charge in [0.15, 0.2) is 0 Å². The van der Waals surface area contributed by atoms with Crippen LogP contribution in [0.15, 0.2) is 49.6 Å². The lowest BCUT2D eigenvalue weighted by molar-refractivity contribution is 0.604. The molecule has 0 aliphatic carbocycles. The van der Waals surface area contributed by atoms with E-state index in [2.05, 4.69) is 15.9 Å². The van der Waals surface area contributed by atoms with Crippen LogP contribution >= 0.6 is 27.3 Å². The maximum absolute atomic E-state index is 12.4. The van der Waals surface area contributed by atoms with Gasteiger partial charge in [-0.1, -0.05) is 15.9 Å². The molecule has 0 fully saturated rings. The highest BCUT2D eigenvalue weighted by Gasteiger charge is 2.10. The Labute approximate surface area is 116 Å². The van der Waals surface area contributed by atoms with Gasteiger partial charge in [0.25, 0.3) is 0 Å². The van der Waals surface area contributed by atoms with Crippen LogP contribution in [0, 0.1) is 6.92 Å². The summed E-state index contributed by atoms with van der Waals surface area (Å²) < 4.78 is 6.40. The fourth-order valence-corrected chi connectivity index (χ4v) is 2.95. The molecule has 0 spiro atoms. The first-order valence-electron chi connectivity index (χ1n) is 5.42. The number of aryl methyl sites for hydroxylation is 1. The molecule has 3 rings (SSSR count). The van der Waals surface area contributed by atoms with Crippen LogP contribution in [0.2, 0.25) is 0 Å². The molecule has 4 heteroatoms. The first-order chi connectivity index (χ1) is 8.65. The molecule has 0 amide bonds. The smallest absolute Gasteiger partial charge is 0.200 e. The van der Waals surface area contributed by atoms with Crippen molar-refractivity contribution in [1.82, 2.24) is 0 Å². The van der Waals surface area contributed by atoms with E-state index in [-0.39, 0.29) is 5.43 Å². The van der Waals surface area contributed by atoms with Gasteiger partial charge in [0.2, 0.25) is 5.43 Å². The number of hydrogen-bond donors (Lipinski definition) is 0. The largest absolute Gasteiger partial charge is 0.463 e. The summed E-state index contributed by atoms with van der Waals surface area (Å²) in [6.07, 6.45) is 1.54. The van der Waals surface area contributed by atoms with E-state index < -0.39 is 0 Å². The zero-order valence-electron chi connectivity index (χ0n) is 9.57. The number of rotatable bonds is 1. The third kappa shape index (κ3) is 1.91. The molecule has 0 aliphatic rings. The van der Waals surface area contributed by atoms with Crippen molar-refractivity contribution in [1.29, 1.82) is 0 Å². The zero-order valence-corrected chi connectivity index (χ0v) is 12.0. The van der Waals surface area contributed by atoms with Crippen LogP contribution in [0.4, 0.5) is 0 Å². The molecule has 18 heavy (non-hydrogen) atoms. The monoisotopic (exact) mass is 320 g/mol. The minimum atomic E-state index is 0.00958. The highest BCUT2D eigenvalue weighted by atomic mass is 79.9. The standard InChI is InChI=1S/C14H9BrO2S/c1-8-4-9(7-18-8)12-6-17-13-3-2-10(15)5-11(13)14(12)16/h2-7H,1H3. The van der Waals surface area contributed by atoms with E-state index in [1.165, 1.54) is 4.88 Å². The van der Waals surface area contributed by atoms with E-state index >= 15 is 0 Å². The molecule has 0 N–H and O–H groups in total. The molecule has 3 aromatic rings. The first-order valence-corrected chi connectivity index (χ1v) is 7.09. The molecule has 0 aliphatic heterocycles. The van der Waals surface area contributed by atoms with Crippen molar-refractivity contribution in [3.05, 3.63) is 55.5 Å². The lowest BCUT2D eigenvalue weighted by Gasteiger charge is -2.00. The Bertz CT molecular complexity index is 786. The number of halogens is 1. The minimum absolute atomic E-state index is 0.00958. The van der Waals surface area contributed by atoms with Gasteiger partial charge in [-0.3, -0.25) is 4.79 Å². The van der Waals surface area contributed by atoms with E-state index in [0.717, 1.165) is 10.0 Å². The minimum Gasteiger partial charge on any atom is -0.463 e. The average molecular weight is 321 g/mol. The molecule has 2 nitrogen and oxygen atoms in total. The molecule has 90 valence electrons. The quantitative estimate of drug-likeness (QED) is 0.656. The van der Waals surface area contributed by atoms with Crippen LogP contribution in [0.25, 0.3) is 22.1 Å². The van der Waals surface area contributed by atoms with Crippen LogP contribution in [-0.4, -0.2) is 0 Å². The molecule has 1 aromatic carbocycles. The van der Waals surface area contributed by atoms with Crippen molar-refractivity contribution in [3.63, 3.8) is 0 Å². The molecule has 0 saturated carbocycles. The summed E-state index contributed by atoms with van der Waals surface area (Å²) in [4.78, 5) is 13.6. The molecule has 2 heterocycles. The third-order valence-corrected chi connectivity index (χ3v) is 4.13. The Morgan fingerprint density at radius 1 is 1.28 bits per heavy atom. The van der Waals surface area contributed by atoms with E-state index in [9.17, 15) is 4.79 Å². The summed E-state index contributed by atoms with van der Waals surface area (Å²) in [7, 11) is 0. The van der Waals surface area contributed by atoms with E-state index in [1.54, 1.807) is 29.7 Å². The van der Waals surface area contributed by atoms with E-state index in [0.29, 0.717) is 16.5 Å². The Hall–Kier alpha value is -1.39. The second kappa shape index (κ2) is 4.37. The topological polar surface area (TPSA) is 30.2 Å². The van der Waals surface area contributed by atoms with Gasteiger partial charge in [0.05, 0.1) is 10.9 Å². The van der Waals surface area contributed by atoms with Gasteiger partial charge in [-0.2, -0.15) is 0 Å². The van der Waals surface area contributed by atoms with Crippen LogP contribution < -0.4 is 5.43 Å². The highest BCUT2D eigenvalue weighted by Crippen LogP contribution is 2.25. The van der Waals surface area contributed by atoms with Crippen molar-refractivity contribution in [3.8, 4) is 11.1 Å². The summed E-state index contributed by atoms with van der Waals surface area (Å²) in [6, 6.07) is 7.45. The Kier molecular flexibility index (Phi) is 2.84. The van der Waals surface area contributed by atoms with Gasteiger partial charge in [-0.15, -0.1) is 11.3 Å². The summed E-state index contributed by atoms with van der Waals surface area (Å²) in [6.45, 7) is 2.02. The lowest BCUT2D eigenvalue weighted by atomic mass is 10.1. The maximum Gasteiger partial charge on any atom is 0.200 e. The second-order valence-electron chi connectivity index (χ2n) is 4.07. The summed E-state index contributed by atoms with van der Waals surface area (Å²) >= 11 is 5.00. The van der Waals surface area contributed by atoms with Crippen LogP contribution in [0.5, 0.6) is 0 Å². The van der Waals surface area contributed by atoms with Gasteiger partial charge in [-0.25, -0.2) is 0 Å². The zero-order chi connectivity index (χ0) is 12.7. The van der Waals surface area contributed by atoms with Gasteiger partial charge in [0, 0.05) is 9.35 Å². The Morgan fingerprint density at radius 3 is 2.83 bits per heavy atom. The molecule has 0 radical (unpaired) electrons. The highest BCUT2D eigenvalue weighted by molar-refractivity contribution is 9.10. The predicted octanol–water partition coefficient (Wildman–Crippen LogP) is 4.59. The molecule has 0 bridgehead atoms. The first kappa shape index (κ1) is 11.7. The fourth-order valence-electron chi connectivity index (χ4n) is 1.89. The number of thiophene rings is 1. The SMILES string of the molecule is Cc1cc(-c2coc3ccc(Br)cc3c2=O)cs1. The molecular weight excluding hydrogens is 312 g/mol. The van der Waals surface area contributed by atoms with Crippen molar-refractivity contribution in [2.75, 3.05) is 0 Å². The fraction of sp³-hybridized carbons (Fsp3) is 0.0714. The number of fused-ring (bicyclic) bond motifs is 1. The number of benzene rings is 1. The average Bonchev–Trinajstić information content (AvgIpc) is 2.77. The van der Waals surface area contributed by atoms with Gasteiger partial charge >= 0.3 is 0 Å². The Morgan fingerprint density at radius 2 is 2.11 bits per heavy atom. The molecule has 0 saturated heterocycles. The summed E-state index contributed by atoms with van der Waals surface area (Å²) in [5, 5.41) is 2.58. The van der Waals surface area contributed by atoms with E-state index in [1.807, 2.05) is 24.4 Å². The Balaban J connectivity index is 2.32. The number of hydrogen-bond acceptors (Lipinski definition) is 3. The van der Waals surface area contributed by atoms with Crippen LogP contribution in [0.3, 0.4) is 0 Å². The van der Waals surface area contributed by atoms with E-state index in [4.69, 9.17) is 4.42 Å². The lowest BCUT2D eigenvalue weighted by Crippen LogP contribution is -2.04. The molecule has 0 unspecified atom stereocenters. The second-order valence-corrected chi connectivity index (χ2v) is 6.10. The molecule has 0 atom stereocenters. The maximum atomic E-state index is 12.4. The van der Waals surface area contributed by atoms with Crippen LogP contribution in [-0.2, 0) is 0 Å². The van der Waals surface area contributed by atoms with Crippen molar-refractivity contribution in [2.45, 2.75) is 6.92 Å².